The maximum absolute atomic E-state index is 11.8. The molecule has 0 aliphatic carbocycles. The summed E-state index contributed by atoms with van der Waals surface area (Å²) in [5.74, 6) is 0.0800. The standard InChI is InChI=1S/C16H18N2O3/c1-21-16(20)14-8-5-9-17-15(14)18(10-11-19)12-13-6-3-2-4-7-13/h2-9,19H,10-12H2,1H3. The molecular weight excluding hydrogens is 268 g/mol. The van der Waals surface area contributed by atoms with Crippen molar-refractivity contribution in [3.05, 3.63) is 59.8 Å². The molecule has 0 aliphatic rings. The molecule has 5 nitrogen and oxygen atoms in total. The Balaban J connectivity index is 2.32. The Labute approximate surface area is 123 Å². The van der Waals surface area contributed by atoms with Crippen molar-refractivity contribution in [3.63, 3.8) is 0 Å². The zero-order valence-corrected chi connectivity index (χ0v) is 11.9. The van der Waals surface area contributed by atoms with Crippen LogP contribution >= 0.6 is 0 Å². The second-order valence-electron chi connectivity index (χ2n) is 4.50. The number of hydrogen-bond acceptors (Lipinski definition) is 5. The maximum atomic E-state index is 11.8. The van der Waals surface area contributed by atoms with Crippen molar-refractivity contribution in [2.75, 3.05) is 25.2 Å². The normalized spacial score (nSPS) is 10.2. The number of esters is 1. The number of anilines is 1. The summed E-state index contributed by atoms with van der Waals surface area (Å²) >= 11 is 0. The fourth-order valence-corrected chi connectivity index (χ4v) is 2.10. The Kier molecular flexibility index (Phi) is 5.29. The van der Waals surface area contributed by atoms with Crippen LogP contribution in [0.1, 0.15) is 15.9 Å². The van der Waals surface area contributed by atoms with E-state index in [-0.39, 0.29) is 6.61 Å². The van der Waals surface area contributed by atoms with Gasteiger partial charge in [-0.25, -0.2) is 9.78 Å². The highest BCUT2D eigenvalue weighted by atomic mass is 16.5. The van der Waals surface area contributed by atoms with Crippen molar-refractivity contribution in [2.45, 2.75) is 6.54 Å². The SMILES string of the molecule is COC(=O)c1cccnc1N(CCO)Cc1ccccc1. The third-order valence-electron chi connectivity index (χ3n) is 3.08. The Morgan fingerprint density at radius 3 is 2.67 bits per heavy atom. The Hall–Kier alpha value is -2.40. The zero-order chi connectivity index (χ0) is 15.1. The van der Waals surface area contributed by atoms with E-state index in [0.717, 1.165) is 5.56 Å². The van der Waals surface area contributed by atoms with Crippen molar-refractivity contribution >= 4 is 11.8 Å². The number of nitrogens with zero attached hydrogens (tertiary/aromatic N) is 2. The van der Waals surface area contributed by atoms with E-state index in [1.165, 1.54) is 7.11 Å². The van der Waals surface area contributed by atoms with Crippen LogP contribution in [-0.2, 0) is 11.3 Å². The number of benzene rings is 1. The van der Waals surface area contributed by atoms with Crippen molar-refractivity contribution in [1.82, 2.24) is 4.98 Å². The number of rotatable bonds is 6. The molecule has 0 aliphatic heterocycles. The van der Waals surface area contributed by atoms with Gasteiger partial charge >= 0.3 is 5.97 Å². The first-order chi connectivity index (χ1) is 10.3. The highest BCUT2D eigenvalue weighted by Gasteiger charge is 2.18. The number of aliphatic hydroxyl groups excluding tert-OH is 1. The van der Waals surface area contributed by atoms with E-state index in [2.05, 4.69) is 4.98 Å². The lowest BCUT2D eigenvalue weighted by atomic mass is 10.2. The van der Waals surface area contributed by atoms with Crippen LogP contribution in [0, 0.1) is 0 Å². The highest BCUT2D eigenvalue weighted by molar-refractivity contribution is 5.94. The molecule has 0 saturated heterocycles. The summed E-state index contributed by atoms with van der Waals surface area (Å²) < 4.78 is 4.79. The van der Waals surface area contributed by atoms with Gasteiger partial charge in [0.2, 0.25) is 0 Å². The molecule has 1 N–H and O–H groups in total. The van der Waals surface area contributed by atoms with E-state index < -0.39 is 5.97 Å². The first kappa shape index (κ1) is 15.0. The van der Waals surface area contributed by atoms with Crippen LogP contribution in [0.15, 0.2) is 48.7 Å². The molecule has 5 heteroatoms. The fourth-order valence-electron chi connectivity index (χ4n) is 2.10. The van der Waals surface area contributed by atoms with E-state index in [1.807, 2.05) is 35.2 Å². The summed E-state index contributed by atoms with van der Waals surface area (Å²) in [5.41, 5.74) is 1.47. The van der Waals surface area contributed by atoms with Crippen LogP contribution in [0.4, 0.5) is 5.82 Å². The van der Waals surface area contributed by atoms with Gasteiger partial charge in [-0.1, -0.05) is 30.3 Å². The molecule has 1 aromatic carbocycles. The van der Waals surface area contributed by atoms with Gasteiger partial charge in [-0.05, 0) is 17.7 Å². The Morgan fingerprint density at radius 2 is 2.00 bits per heavy atom. The van der Waals surface area contributed by atoms with Gasteiger partial charge in [0.25, 0.3) is 0 Å². The number of methoxy groups -OCH3 is 1. The van der Waals surface area contributed by atoms with E-state index in [1.54, 1.807) is 18.3 Å². The summed E-state index contributed by atoms with van der Waals surface area (Å²) in [4.78, 5) is 18.0. The number of ether oxygens (including phenoxy) is 1. The molecule has 0 fully saturated rings. The van der Waals surface area contributed by atoms with E-state index in [9.17, 15) is 9.90 Å². The van der Waals surface area contributed by atoms with Gasteiger partial charge in [-0.15, -0.1) is 0 Å². The third-order valence-corrected chi connectivity index (χ3v) is 3.08. The van der Waals surface area contributed by atoms with Crippen molar-refractivity contribution in [3.8, 4) is 0 Å². The number of carbonyl (C=O) groups is 1. The molecule has 0 amide bonds. The van der Waals surface area contributed by atoms with Gasteiger partial charge in [0.1, 0.15) is 11.4 Å². The molecule has 2 rings (SSSR count). The smallest absolute Gasteiger partial charge is 0.341 e. The number of pyridine rings is 1. The monoisotopic (exact) mass is 286 g/mol. The van der Waals surface area contributed by atoms with Crippen LogP contribution in [-0.4, -0.2) is 36.3 Å². The first-order valence-electron chi connectivity index (χ1n) is 6.69. The number of aromatic nitrogens is 1. The minimum absolute atomic E-state index is 0.0238. The summed E-state index contributed by atoms with van der Waals surface area (Å²) in [7, 11) is 1.34. The van der Waals surface area contributed by atoms with Gasteiger partial charge in [0.15, 0.2) is 0 Å². The first-order valence-corrected chi connectivity index (χ1v) is 6.69. The van der Waals surface area contributed by atoms with Crippen LogP contribution in [0.5, 0.6) is 0 Å². The number of carbonyl (C=O) groups excluding carboxylic acids is 1. The van der Waals surface area contributed by atoms with Crippen LogP contribution in [0.2, 0.25) is 0 Å². The predicted octanol–water partition coefficient (Wildman–Crippen LogP) is 1.87. The molecular formula is C16H18N2O3. The number of hydrogen-bond donors (Lipinski definition) is 1. The van der Waals surface area contributed by atoms with Crippen LogP contribution in [0.25, 0.3) is 0 Å². The molecule has 2 aromatic rings. The lowest BCUT2D eigenvalue weighted by Gasteiger charge is -2.24. The molecule has 110 valence electrons. The molecule has 1 aromatic heterocycles. The van der Waals surface area contributed by atoms with Gasteiger partial charge in [-0.2, -0.15) is 0 Å². The average molecular weight is 286 g/mol. The highest BCUT2D eigenvalue weighted by Crippen LogP contribution is 2.20. The van der Waals surface area contributed by atoms with Crippen molar-refractivity contribution in [1.29, 1.82) is 0 Å². The Bertz CT molecular complexity index is 587. The molecule has 1 heterocycles. The summed E-state index contributed by atoms with van der Waals surface area (Å²) in [6.45, 7) is 0.919. The molecule has 0 unspecified atom stereocenters. The van der Waals surface area contributed by atoms with Crippen LogP contribution in [0.3, 0.4) is 0 Å². The summed E-state index contributed by atoms with van der Waals surface area (Å²) in [5, 5.41) is 9.28. The number of aliphatic hydroxyl groups is 1. The molecule has 21 heavy (non-hydrogen) atoms. The Morgan fingerprint density at radius 1 is 1.24 bits per heavy atom. The summed E-state index contributed by atoms with van der Waals surface area (Å²) in [6, 6.07) is 13.2. The van der Waals surface area contributed by atoms with Gasteiger partial charge < -0.3 is 14.7 Å². The predicted molar refractivity (Wildman–Crippen MR) is 80.2 cm³/mol. The van der Waals surface area contributed by atoms with Crippen molar-refractivity contribution < 1.29 is 14.6 Å². The lowest BCUT2D eigenvalue weighted by molar-refractivity contribution is 0.0601. The largest absolute Gasteiger partial charge is 0.465 e. The minimum Gasteiger partial charge on any atom is -0.465 e. The quantitative estimate of drug-likeness (QED) is 0.821. The molecule has 0 bridgehead atoms. The molecule has 0 radical (unpaired) electrons. The third kappa shape index (κ3) is 3.79. The second kappa shape index (κ2) is 7.40. The van der Waals surface area contributed by atoms with E-state index in [4.69, 9.17) is 4.74 Å². The average Bonchev–Trinajstić information content (AvgIpc) is 2.55. The second-order valence-corrected chi connectivity index (χ2v) is 4.50. The topological polar surface area (TPSA) is 62.7 Å². The lowest BCUT2D eigenvalue weighted by Crippen LogP contribution is -2.29. The van der Waals surface area contributed by atoms with Crippen LogP contribution < -0.4 is 4.90 Å². The van der Waals surface area contributed by atoms with E-state index in [0.29, 0.717) is 24.5 Å². The fraction of sp³-hybridized carbons (Fsp3) is 0.250. The van der Waals surface area contributed by atoms with Gasteiger partial charge in [-0.3, -0.25) is 0 Å². The molecule has 0 spiro atoms. The van der Waals surface area contributed by atoms with E-state index >= 15 is 0 Å². The zero-order valence-electron chi connectivity index (χ0n) is 11.9. The van der Waals surface area contributed by atoms with Gasteiger partial charge in [0.05, 0.1) is 13.7 Å². The molecule has 0 atom stereocenters. The summed E-state index contributed by atoms with van der Waals surface area (Å²) in [6.07, 6.45) is 1.62. The minimum atomic E-state index is -0.436. The van der Waals surface area contributed by atoms with Gasteiger partial charge in [0, 0.05) is 19.3 Å². The maximum Gasteiger partial charge on any atom is 0.341 e. The van der Waals surface area contributed by atoms with Crippen molar-refractivity contribution in [2.24, 2.45) is 0 Å². The molecule has 0 saturated carbocycles.